The Morgan fingerprint density at radius 2 is 0.993 bits per heavy atom. The number of fused-ring (bicyclic) bond motifs is 4. The van der Waals surface area contributed by atoms with Crippen molar-refractivity contribution in [3.05, 3.63) is 342 Å². The normalized spacial score (nSPS) is 14.7. The summed E-state index contributed by atoms with van der Waals surface area (Å²) in [5.41, 5.74) is 28.1. The van der Waals surface area contributed by atoms with Gasteiger partial charge in [-0.1, -0.05) is 60.1 Å². The molecule has 33 nitrogen and oxygen atoms in total. The van der Waals surface area contributed by atoms with E-state index in [9.17, 15) is 52.2 Å². The van der Waals surface area contributed by atoms with Gasteiger partial charge in [-0.15, -0.1) is 0 Å². The topological polar surface area (TPSA) is 472 Å². The molecule has 746 valence electrons. The number of hydrogen-bond donors (Lipinski definition) is 6. The lowest BCUT2D eigenvalue weighted by Crippen LogP contribution is -2.41. The van der Waals surface area contributed by atoms with Gasteiger partial charge in [0.15, 0.2) is 34.5 Å². The minimum Gasteiger partial charge on any atom is -0.508 e. The van der Waals surface area contributed by atoms with E-state index in [-0.39, 0.29) is 101 Å². The second kappa shape index (κ2) is 48.9. The number of pyridine rings is 9. The Hall–Kier alpha value is -15.6. The van der Waals surface area contributed by atoms with E-state index in [1.807, 2.05) is 109 Å². The summed E-state index contributed by atoms with van der Waals surface area (Å²) in [4.78, 5) is 140. The van der Waals surface area contributed by atoms with Crippen molar-refractivity contribution >= 4 is 165 Å². The molecular weight excluding hydrogens is 2010 g/mol. The number of aromatic amines is 2. The maximum absolute atomic E-state index is 13.2. The van der Waals surface area contributed by atoms with Crippen molar-refractivity contribution in [2.24, 2.45) is 46.4 Å². The Morgan fingerprint density at radius 1 is 0.538 bits per heavy atom. The predicted molar refractivity (Wildman–Crippen MR) is 559 cm³/mol. The summed E-state index contributed by atoms with van der Waals surface area (Å²) in [7, 11) is 6.77. The van der Waals surface area contributed by atoms with Crippen molar-refractivity contribution in [3.8, 4) is 28.5 Å². The highest BCUT2D eigenvalue weighted by atomic mass is 79.9. The number of hydrogen-bond acceptors (Lipinski definition) is 29. The number of ether oxygens (including phenoxy) is 4. The molecule has 0 amide bonds. The highest BCUT2D eigenvalue weighted by Gasteiger charge is 2.56. The first kappa shape index (κ1) is 108. The molecule has 0 atom stereocenters. The van der Waals surface area contributed by atoms with Crippen molar-refractivity contribution in [1.82, 2.24) is 64.4 Å². The van der Waals surface area contributed by atoms with Gasteiger partial charge in [0.05, 0.1) is 90.9 Å². The third kappa shape index (κ3) is 29.1. The fraction of sp³-hybridized carbons (Fsp3) is 0.236. The lowest BCUT2D eigenvalue weighted by atomic mass is 9.82. The fourth-order valence-electron chi connectivity index (χ4n) is 14.4. The number of allylic oxidation sites excluding steroid dienone is 2. The van der Waals surface area contributed by atoms with Crippen LogP contribution in [0.3, 0.4) is 0 Å². The van der Waals surface area contributed by atoms with Crippen molar-refractivity contribution < 1.29 is 70.9 Å². The van der Waals surface area contributed by atoms with Gasteiger partial charge in [-0.05, 0) is 230 Å². The van der Waals surface area contributed by atoms with Crippen LogP contribution in [0.2, 0.25) is 5.02 Å². The average Bonchev–Trinajstić information content (AvgIpc) is 1.60. The van der Waals surface area contributed by atoms with Crippen LogP contribution in [0, 0.1) is 22.5 Å². The number of rotatable bonds is 22. The van der Waals surface area contributed by atoms with E-state index in [1.165, 1.54) is 74.8 Å². The molecule has 13 heterocycles. The predicted octanol–water partition coefficient (Wildman–Crippen LogP) is 16.7. The molecule has 2 aliphatic heterocycles. The molecular formula is C106H104BBr2ClF2N18O15. The van der Waals surface area contributed by atoms with Crippen LogP contribution < -0.4 is 38.3 Å². The van der Waals surface area contributed by atoms with Gasteiger partial charge in [-0.2, -0.15) is 10.2 Å². The molecule has 15 aromatic rings. The summed E-state index contributed by atoms with van der Waals surface area (Å²) < 4.78 is 63.4. The molecule has 145 heavy (non-hydrogen) atoms. The number of Topliss-reactive ketones (excluding diaryl/α,β-unsaturated/α-hetero) is 4. The number of cyclic esters (lactones) is 2. The number of anilines is 1. The quantitative estimate of drug-likeness (QED) is 0.00536. The lowest BCUT2D eigenvalue weighted by Gasteiger charge is -2.32. The maximum Gasteiger partial charge on any atom is 0.498 e. The average molecular weight is 2110 g/mol. The third-order valence-corrected chi connectivity index (χ3v) is 24.4. The minimum atomic E-state index is -1.20. The number of aliphatic imine (C=N–C) groups is 2. The molecule has 2 aliphatic carbocycles. The molecule has 4 aromatic carbocycles. The standard InChI is InChI=1S/C31H27FN4O3.C19H17FO3.C12H11ClN4.C12H10N4O.C10H17BN2O2.C9H12O5.C8H5BrN2O.C5H5BrN2/c1-34-19-22(18-33)25-10-11-26-30(36-25)27(12-15-35-26)39-24-8-4-21(5-9-24)17-29(38)31(13-14-31)28(37)16-20-2-6-23(32)7-3-20;20-15-5-1-13(2-6-15)11-17(22)19(9-10-19)18(23)12-14-3-7-16(21)8-4-14;1-15-7-8(6-14)10-2-3-11-12(17-10)9(13)4-5-16-11;1-16-7-8(6-14-16)9-2-3-10-12(15-9)11(17)4-5-13-10;1-9(2)10(3,4)15-11(14-9)8-6-12-13(5)7-8;1-4-12-5-6-7(10)13-9(2,3)14-8(6)11;9-7-2-1-5-8(11-7)6(12)3-4-10-5;6-5-2-1-4(7)3-8-5/h2-12,15,18-19H,13-14,16-17,33H2,1H3;1-8,21H,9-12H2;2-7H,14H2,1H3;2-7H,1H3,(H,13,17);6-7H,1-5H3;5H,4H2,1-3H3;1-4H,(H,10,12);1-3H,7H2. The van der Waals surface area contributed by atoms with Gasteiger partial charge >= 0.3 is 19.1 Å². The number of benzene rings is 4. The summed E-state index contributed by atoms with van der Waals surface area (Å²) in [6, 6.07) is 49.9. The SMILES string of the molecule is CCOC=C1C(=O)OC(C)(C)OC1=O.CN=CC(=CN)c1ccc2nccc(Cl)c2n1.CN=CC(=CN)c1ccc2nccc(Oc3ccc(CC(=O)C4(C(=O)Cc5ccc(F)cc5)CC4)cc3)c2n1.Cn1cc(-c2ccc3[nH]ccc(=O)c3n2)cn1.Cn1cc(B2OC(C)(C)C(C)(C)O2)cn1.Nc1ccc(Br)nc1.O=C(Cc1ccc(O)cc1)C1(C(=O)Cc2ccc(F)cc2)CC1.O=c1cc[nH]c2ccc(Br)nc12. The van der Waals surface area contributed by atoms with Crippen molar-refractivity contribution in [3.63, 3.8) is 0 Å². The van der Waals surface area contributed by atoms with E-state index in [4.69, 9.17) is 57.1 Å². The summed E-state index contributed by atoms with van der Waals surface area (Å²) in [5.74, 6) is -2.44. The molecule has 0 unspecified atom stereocenters. The van der Waals surface area contributed by atoms with Crippen LogP contribution in [0.1, 0.15) is 108 Å². The first-order valence-electron chi connectivity index (χ1n) is 45.4. The Labute approximate surface area is 854 Å². The van der Waals surface area contributed by atoms with Gasteiger partial charge < -0.3 is 60.5 Å². The van der Waals surface area contributed by atoms with Crippen LogP contribution in [-0.4, -0.2) is 162 Å². The number of aromatic hydroxyl groups is 1. The molecule has 0 radical (unpaired) electrons. The minimum absolute atomic E-state index is 0.0648. The van der Waals surface area contributed by atoms with Crippen molar-refractivity contribution in [1.29, 1.82) is 0 Å². The van der Waals surface area contributed by atoms with E-state index in [0.29, 0.717) is 104 Å². The number of halogens is 5. The van der Waals surface area contributed by atoms with Gasteiger partial charge in [-0.3, -0.25) is 58.1 Å². The molecule has 4 aliphatic rings. The number of nitrogens with zero attached hydrogens (tertiary/aromatic N) is 13. The molecule has 39 heteroatoms. The van der Waals surface area contributed by atoms with Crippen molar-refractivity contribution in [2.75, 3.05) is 26.4 Å². The number of carbonyl (C=O) groups excluding carboxylic acids is 6. The first-order chi connectivity index (χ1) is 69.2. The largest absolute Gasteiger partial charge is 0.508 e. The third-order valence-electron chi connectivity index (χ3n) is 23.2. The number of carbonyl (C=O) groups is 6. The first-order valence-corrected chi connectivity index (χ1v) is 47.4. The molecule has 4 fully saturated rings. The zero-order valence-electron chi connectivity index (χ0n) is 80.9. The van der Waals surface area contributed by atoms with E-state index in [1.54, 1.807) is 165 Å². The number of phenolic OH excluding ortho intramolecular Hbond substituents is 1. The zero-order valence-corrected chi connectivity index (χ0v) is 84.9. The van der Waals surface area contributed by atoms with Crippen LogP contribution in [0.15, 0.2) is 291 Å². The van der Waals surface area contributed by atoms with E-state index in [0.717, 1.165) is 72.1 Å². The second-order valence-corrected chi connectivity index (χ2v) is 36.8. The van der Waals surface area contributed by atoms with Crippen LogP contribution in [0.5, 0.6) is 17.2 Å². The van der Waals surface area contributed by atoms with Gasteiger partial charge in [0, 0.05) is 176 Å². The Bertz CT molecular complexity index is 7360. The fourth-order valence-corrected chi connectivity index (χ4v) is 15.2. The number of nitrogens with one attached hydrogen (secondary N) is 2. The number of aromatic nitrogens is 13. The molecule has 9 N–H and O–H groups in total. The van der Waals surface area contributed by atoms with E-state index >= 15 is 0 Å². The highest BCUT2D eigenvalue weighted by Crippen LogP contribution is 2.50. The number of aryl methyl sites for hydroxylation is 2. The molecule has 2 saturated heterocycles. The number of esters is 2. The zero-order chi connectivity index (χ0) is 105. The second-order valence-electron chi connectivity index (χ2n) is 34.8. The highest BCUT2D eigenvalue weighted by molar-refractivity contribution is 9.10. The number of ketones is 4. The molecule has 19 rings (SSSR count). The molecule has 11 aromatic heterocycles. The Morgan fingerprint density at radius 3 is 1.44 bits per heavy atom. The molecule has 0 bridgehead atoms. The van der Waals surface area contributed by atoms with Gasteiger partial charge in [-0.25, -0.2) is 43.3 Å². The van der Waals surface area contributed by atoms with Crippen LogP contribution >= 0.6 is 43.5 Å². The van der Waals surface area contributed by atoms with Crippen LogP contribution in [0.4, 0.5) is 14.5 Å². The maximum atomic E-state index is 13.2. The van der Waals surface area contributed by atoms with Gasteiger partial charge in [0.1, 0.15) is 60.7 Å². The number of nitrogens with two attached hydrogens (primary N) is 3. The lowest BCUT2D eigenvalue weighted by molar-refractivity contribution is -0.222. The van der Waals surface area contributed by atoms with Crippen LogP contribution in [0.25, 0.3) is 66.5 Å². The van der Waals surface area contributed by atoms with Gasteiger partial charge in [0.25, 0.3) is 5.79 Å². The summed E-state index contributed by atoms with van der Waals surface area (Å²) in [5, 5.41) is 18.0. The summed E-state index contributed by atoms with van der Waals surface area (Å²) >= 11 is 12.4. The number of nitrogen functional groups attached to an aromatic ring is 1. The van der Waals surface area contributed by atoms with E-state index in [2.05, 4.69) is 96.9 Å². The summed E-state index contributed by atoms with van der Waals surface area (Å²) in [6.45, 7) is 13.3. The number of phenols is 1. The Kier molecular flexibility index (Phi) is 36.5. The van der Waals surface area contributed by atoms with Crippen LogP contribution in [-0.2, 0) is 92.1 Å². The molecule has 0 spiro atoms. The number of H-pyrrole nitrogens is 2. The van der Waals surface area contributed by atoms with E-state index < -0.39 is 28.6 Å². The van der Waals surface area contributed by atoms with Gasteiger partial charge in [0.2, 0.25) is 10.9 Å². The Balaban J connectivity index is 0.000000154. The smallest absolute Gasteiger partial charge is 0.498 e. The van der Waals surface area contributed by atoms with Crippen molar-refractivity contribution in [2.45, 2.75) is 117 Å². The monoisotopic (exact) mass is 2110 g/mol. The molecule has 2 saturated carbocycles. The summed E-state index contributed by atoms with van der Waals surface area (Å²) in [6.07, 6.45) is 25.6.